The summed E-state index contributed by atoms with van der Waals surface area (Å²) in [5, 5.41) is 14.1. The number of likely N-dealkylation sites (tertiary alicyclic amines) is 1. The SMILES string of the molecule is OC1CCN(Cc2ccn(-c3ccccc3)n2)CC1. The highest BCUT2D eigenvalue weighted by Crippen LogP contribution is 2.13. The molecule has 1 aromatic heterocycles. The lowest BCUT2D eigenvalue weighted by Crippen LogP contribution is -2.35. The van der Waals surface area contributed by atoms with Gasteiger partial charge in [0.1, 0.15) is 0 Å². The molecule has 0 aliphatic carbocycles. The second kappa shape index (κ2) is 5.55. The fourth-order valence-electron chi connectivity index (χ4n) is 2.48. The van der Waals surface area contributed by atoms with Crippen molar-refractivity contribution in [1.82, 2.24) is 14.7 Å². The molecule has 1 aromatic carbocycles. The van der Waals surface area contributed by atoms with E-state index in [1.807, 2.05) is 41.2 Å². The maximum atomic E-state index is 9.50. The minimum Gasteiger partial charge on any atom is -0.393 e. The molecule has 100 valence electrons. The molecule has 0 radical (unpaired) electrons. The quantitative estimate of drug-likeness (QED) is 0.912. The summed E-state index contributed by atoms with van der Waals surface area (Å²) in [6.45, 7) is 2.78. The Morgan fingerprint density at radius 2 is 1.84 bits per heavy atom. The fraction of sp³-hybridized carbons (Fsp3) is 0.400. The van der Waals surface area contributed by atoms with Gasteiger partial charge in [-0.15, -0.1) is 0 Å². The average molecular weight is 257 g/mol. The highest BCUT2D eigenvalue weighted by atomic mass is 16.3. The third-order valence-corrected chi connectivity index (χ3v) is 3.61. The number of benzene rings is 1. The van der Waals surface area contributed by atoms with Gasteiger partial charge in [0, 0.05) is 25.8 Å². The first-order valence-corrected chi connectivity index (χ1v) is 6.82. The van der Waals surface area contributed by atoms with Gasteiger partial charge in [-0.2, -0.15) is 5.10 Å². The molecule has 4 nitrogen and oxygen atoms in total. The van der Waals surface area contributed by atoms with E-state index in [4.69, 9.17) is 0 Å². The number of aliphatic hydroxyl groups is 1. The monoisotopic (exact) mass is 257 g/mol. The maximum Gasteiger partial charge on any atom is 0.0769 e. The van der Waals surface area contributed by atoms with Crippen LogP contribution in [0.5, 0.6) is 0 Å². The van der Waals surface area contributed by atoms with Crippen LogP contribution in [0.25, 0.3) is 5.69 Å². The van der Waals surface area contributed by atoms with Gasteiger partial charge in [-0.1, -0.05) is 18.2 Å². The van der Waals surface area contributed by atoms with Gasteiger partial charge in [-0.3, -0.25) is 4.90 Å². The predicted octanol–water partition coefficient (Wildman–Crippen LogP) is 1.83. The first kappa shape index (κ1) is 12.4. The van der Waals surface area contributed by atoms with Gasteiger partial charge in [0.25, 0.3) is 0 Å². The maximum absolute atomic E-state index is 9.50. The molecule has 2 heterocycles. The van der Waals surface area contributed by atoms with Crippen molar-refractivity contribution in [3.8, 4) is 5.69 Å². The molecule has 0 unspecified atom stereocenters. The Balaban J connectivity index is 1.65. The van der Waals surface area contributed by atoms with Crippen LogP contribution in [0.4, 0.5) is 0 Å². The van der Waals surface area contributed by atoms with Crippen molar-refractivity contribution in [2.24, 2.45) is 0 Å². The summed E-state index contributed by atoms with van der Waals surface area (Å²) in [7, 11) is 0. The van der Waals surface area contributed by atoms with E-state index in [9.17, 15) is 5.11 Å². The van der Waals surface area contributed by atoms with E-state index < -0.39 is 0 Å². The number of hydrogen-bond donors (Lipinski definition) is 1. The largest absolute Gasteiger partial charge is 0.393 e. The van der Waals surface area contributed by atoms with Gasteiger partial charge in [-0.05, 0) is 31.0 Å². The molecular formula is C15H19N3O. The van der Waals surface area contributed by atoms with Crippen LogP contribution in [0.2, 0.25) is 0 Å². The molecule has 3 rings (SSSR count). The van der Waals surface area contributed by atoms with E-state index >= 15 is 0 Å². The molecule has 1 aliphatic heterocycles. The van der Waals surface area contributed by atoms with Gasteiger partial charge in [-0.25, -0.2) is 4.68 Å². The Hall–Kier alpha value is -1.65. The van der Waals surface area contributed by atoms with Crippen LogP contribution < -0.4 is 0 Å². The first-order valence-electron chi connectivity index (χ1n) is 6.82. The summed E-state index contributed by atoms with van der Waals surface area (Å²) >= 11 is 0. The number of nitrogens with zero attached hydrogens (tertiary/aromatic N) is 3. The Morgan fingerprint density at radius 3 is 2.58 bits per heavy atom. The van der Waals surface area contributed by atoms with Crippen molar-refractivity contribution < 1.29 is 5.11 Å². The molecule has 0 atom stereocenters. The second-order valence-corrected chi connectivity index (χ2v) is 5.09. The van der Waals surface area contributed by atoms with Crippen LogP contribution in [0.1, 0.15) is 18.5 Å². The van der Waals surface area contributed by atoms with Gasteiger partial charge in [0.15, 0.2) is 0 Å². The summed E-state index contributed by atoms with van der Waals surface area (Å²) in [6, 6.07) is 12.2. The molecule has 0 saturated carbocycles. The van der Waals surface area contributed by atoms with Crippen LogP contribution in [0.15, 0.2) is 42.6 Å². The average Bonchev–Trinajstić information content (AvgIpc) is 2.91. The van der Waals surface area contributed by atoms with Crippen molar-refractivity contribution in [1.29, 1.82) is 0 Å². The van der Waals surface area contributed by atoms with Crippen LogP contribution in [0, 0.1) is 0 Å². The summed E-state index contributed by atoms with van der Waals surface area (Å²) < 4.78 is 1.91. The van der Waals surface area contributed by atoms with Crippen LogP contribution in [-0.4, -0.2) is 39.0 Å². The van der Waals surface area contributed by atoms with E-state index in [1.165, 1.54) is 0 Å². The molecule has 0 amide bonds. The summed E-state index contributed by atoms with van der Waals surface area (Å²) in [5.74, 6) is 0. The number of hydrogen-bond acceptors (Lipinski definition) is 3. The topological polar surface area (TPSA) is 41.3 Å². The molecule has 1 N–H and O–H groups in total. The van der Waals surface area contributed by atoms with E-state index in [-0.39, 0.29) is 6.10 Å². The molecule has 0 bridgehead atoms. The third-order valence-electron chi connectivity index (χ3n) is 3.61. The van der Waals surface area contributed by atoms with Crippen molar-refractivity contribution >= 4 is 0 Å². The lowest BCUT2D eigenvalue weighted by molar-refractivity contribution is 0.0786. The zero-order valence-corrected chi connectivity index (χ0v) is 10.9. The van der Waals surface area contributed by atoms with E-state index in [2.05, 4.69) is 16.1 Å². The number of para-hydroxylation sites is 1. The van der Waals surface area contributed by atoms with Crippen molar-refractivity contribution in [2.45, 2.75) is 25.5 Å². The lowest BCUT2D eigenvalue weighted by atomic mass is 10.1. The molecule has 0 spiro atoms. The standard InChI is InChI=1S/C15H19N3O/c19-15-7-9-17(10-8-15)12-13-6-11-18(16-13)14-4-2-1-3-5-14/h1-6,11,15,19H,7-10,12H2. The van der Waals surface area contributed by atoms with Gasteiger partial charge >= 0.3 is 0 Å². The van der Waals surface area contributed by atoms with Gasteiger partial charge < -0.3 is 5.11 Å². The number of rotatable bonds is 3. The van der Waals surface area contributed by atoms with Crippen LogP contribution >= 0.6 is 0 Å². The molecule has 19 heavy (non-hydrogen) atoms. The van der Waals surface area contributed by atoms with E-state index in [0.717, 1.165) is 43.9 Å². The van der Waals surface area contributed by atoms with Crippen LogP contribution in [0.3, 0.4) is 0 Å². The first-order chi connectivity index (χ1) is 9.31. The summed E-state index contributed by atoms with van der Waals surface area (Å²) in [5.41, 5.74) is 2.17. The van der Waals surface area contributed by atoms with Crippen molar-refractivity contribution in [2.75, 3.05) is 13.1 Å². The molecule has 4 heteroatoms. The zero-order chi connectivity index (χ0) is 13.1. The zero-order valence-electron chi connectivity index (χ0n) is 10.9. The van der Waals surface area contributed by atoms with Crippen molar-refractivity contribution in [3.05, 3.63) is 48.3 Å². The number of piperidine rings is 1. The van der Waals surface area contributed by atoms with E-state index in [0.29, 0.717) is 0 Å². The fourth-order valence-corrected chi connectivity index (χ4v) is 2.48. The normalized spacial score (nSPS) is 17.7. The summed E-state index contributed by atoms with van der Waals surface area (Å²) in [4.78, 5) is 2.35. The highest BCUT2D eigenvalue weighted by molar-refractivity contribution is 5.30. The Bertz CT molecular complexity index is 515. The number of aliphatic hydroxyl groups excluding tert-OH is 1. The Morgan fingerprint density at radius 1 is 1.11 bits per heavy atom. The minimum absolute atomic E-state index is 0.113. The van der Waals surface area contributed by atoms with Gasteiger partial charge in [0.05, 0.1) is 17.5 Å². The summed E-state index contributed by atoms with van der Waals surface area (Å²) in [6.07, 6.45) is 3.64. The van der Waals surface area contributed by atoms with E-state index in [1.54, 1.807) is 0 Å². The molecule has 1 aliphatic rings. The third kappa shape index (κ3) is 3.03. The van der Waals surface area contributed by atoms with Gasteiger partial charge in [0.2, 0.25) is 0 Å². The minimum atomic E-state index is -0.113. The van der Waals surface area contributed by atoms with Crippen molar-refractivity contribution in [3.63, 3.8) is 0 Å². The highest BCUT2D eigenvalue weighted by Gasteiger charge is 2.17. The molecule has 1 saturated heterocycles. The lowest BCUT2D eigenvalue weighted by Gasteiger charge is -2.28. The second-order valence-electron chi connectivity index (χ2n) is 5.09. The van der Waals surface area contributed by atoms with Crippen LogP contribution in [-0.2, 0) is 6.54 Å². The Labute approximate surface area is 113 Å². The number of aromatic nitrogens is 2. The molecule has 2 aromatic rings. The Kier molecular flexibility index (Phi) is 3.62. The smallest absolute Gasteiger partial charge is 0.0769 e. The molecule has 1 fully saturated rings. The molecular weight excluding hydrogens is 238 g/mol. The predicted molar refractivity (Wildman–Crippen MR) is 74.1 cm³/mol.